The zero-order valence-electron chi connectivity index (χ0n) is 37.2. The highest BCUT2D eigenvalue weighted by Crippen LogP contribution is 2.48. The quantitative estimate of drug-likeness (QED) is 0.0767. The molecule has 3 aliphatic heterocycles. The summed E-state index contributed by atoms with van der Waals surface area (Å²) in [7, 11) is -15.8. The Hall–Kier alpha value is -4.11. The molecule has 3 N–H and O–H groups in total. The first-order valence-corrected chi connectivity index (χ1v) is 27.1. The summed E-state index contributed by atoms with van der Waals surface area (Å²) in [5.41, 5.74) is 3.63. The molecule has 3 aliphatic rings. The Morgan fingerprint density at radius 2 is 1.26 bits per heavy atom. The van der Waals surface area contributed by atoms with Gasteiger partial charge >= 0.3 is 6.15 Å². The lowest BCUT2D eigenvalue weighted by Gasteiger charge is -2.31. The minimum absolute atomic E-state index is 0. The fourth-order valence-corrected chi connectivity index (χ4v) is 10.9. The van der Waals surface area contributed by atoms with Gasteiger partial charge in [0.1, 0.15) is 0 Å². The highest BCUT2D eigenvalue weighted by Gasteiger charge is 2.41. The molecule has 65 heavy (non-hydrogen) atoms. The lowest BCUT2D eigenvalue weighted by atomic mass is 9.81. The van der Waals surface area contributed by atoms with Crippen LogP contribution in [0.2, 0.25) is 0 Å². The topological polar surface area (TPSA) is 250 Å². The number of sulfonamides is 1. The number of piperidine rings is 1. The summed E-state index contributed by atoms with van der Waals surface area (Å²) in [6.07, 6.45) is 19.4. The van der Waals surface area contributed by atoms with E-state index < -0.39 is 51.2 Å². The smallest absolute Gasteiger partial charge is 0.344 e. The van der Waals surface area contributed by atoms with Crippen LogP contribution in [-0.2, 0) is 60.8 Å². The normalized spacial score (nSPS) is 18.1. The van der Waals surface area contributed by atoms with Crippen LogP contribution >= 0.6 is 0 Å². The van der Waals surface area contributed by atoms with Gasteiger partial charge in [-0.3, -0.25) is 18.7 Å². The van der Waals surface area contributed by atoms with Gasteiger partial charge in [0.25, 0.3) is 30.4 Å². The van der Waals surface area contributed by atoms with Gasteiger partial charge in [0, 0.05) is 41.8 Å². The van der Waals surface area contributed by atoms with Crippen LogP contribution in [0.3, 0.4) is 0 Å². The highest BCUT2D eigenvalue weighted by atomic mass is 32.2. The predicted molar refractivity (Wildman–Crippen MR) is 254 cm³/mol. The molecule has 0 amide bonds. The molecule has 0 spiro atoms. The van der Waals surface area contributed by atoms with E-state index in [0.29, 0.717) is 48.9 Å². The summed E-state index contributed by atoms with van der Waals surface area (Å²) in [6.45, 7) is 13.6. The van der Waals surface area contributed by atoms with Gasteiger partial charge in [0.05, 0.1) is 32.7 Å². The third-order valence-corrected chi connectivity index (χ3v) is 15.8. The van der Waals surface area contributed by atoms with Crippen LogP contribution in [0, 0.1) is 5.92 Å². The predicted octanol–water partition coefficient (Wildman–Crippen LogP) is 8.24. The van der Waals surface area contributed by atoms with Gasteiger partial charge in [-0.15, -0.1) is 0 Å². The first-order chi connectivity index (χ1) is 29.7. The van der Waals surface area contributed by atoms with Gasteiger partial charge < -0.3 is 4.90 Å². The average molecular weight is 984 g/mol. The summed E-state index contributed by atoms with van der Waals surface area (Å²) >= 11 is 0. The van der Waals surface area contributed by atoms with Crippen molar-refractivity contribution in [2.24, 2.45) is 10.9 Å². The number of anilines is 1. The van der Waals surface area contributed by atoms with E-state index >= 15 is 0 Å². The molecular formula is C45H65N3O13S4. The second-order valence-electron chi connectivity index (χ2n) is 16.7. The van der Waals surface area contributed by atoms with Crippen LogP contribution in [0.15, 0.2) is 99.4 Å². The summed E-state index contributed by atoms with van der Waals surface area (Å²) in [5.74, 6) is 0.127. The second kappa shape index (κ2) is 24.1. The molecule has 2 aromatic rings. The van der Waals surface area contributed by atoms with Crippen molar-refractivity contribution in [2.45, 2.75) is 121 Å². The number of carbonyl (C=O) groups excluding carboxylic acids is 2. The van der Waals surface area contributed by atoms with Crippen molar-refractivity contribution in [2.75, 3.05) is 36.0 Å². The third-order valence-electron chi connectivity index (χ3n) is 11.5. The average Bonchev–Trinajstić information content (AvgIpc) is 3.58. The van der Waals surface area contributed by atoms with Gasteiger partial charge in [0.15, 0.2) is 0 Å². The number of nitrogens with zero attached hydrogens (tertiary/aromatic N) is 3. The fraction of sp³-hybridized carbons (Fsp3) is 0.511. The Morgan fingerprint density at radius 3 is 1.82 bits per heavy atom. The Labute approximate surface area is 386 Å². The zero-order chi connectivity index (χ0) is 48.1. The molecule has 5 rings (SSSR count). The van der Waals surface area contributed by atoms with Crippen LogP contribution in [0.1, 0.15) is 111 Å². The molecule has 16 nitrogen and oxygen atoms in total. The van der Waals surface area contributed by atoms with Gasteiger partial charge in [0.2, 0.25) is 10.0 Å². The Morgan fingerprint density at radius 1 is 0.723 bits per heavy atom. The van der Waals surface area contributed by atoms with Crippen LogP contribution in [0.25, 0.3) is 0 Å². The third kappa shape index (κ3) is 16.0. The minimum atomic E-state index is -4.42. The number of unbranched alkanes of at least 4 members (excludes halogenated alkanes) is 3. The first-order valence-electron chi connectivity index (χ1n) is 21.0. The number of rotatable bonds is 17. The molecule has 3 heterocycles. The van der Waals surface area contributed by atoms with E-state index in [-0.39, 0.29) is 36.4 Å². The standard InChI is InChI=1S/C38H49N3O8S3.C5H12O3S.CO2.CH4/c1-6-28-20-23-40(24-21-28)51(45,46)29-16-18-33-31(26-29)37(2,3)35(39-33)14-10-8-7-9-11-15-36-38(4,5)32-27-30(52(47,48)49)17-19-34(32)41(36)22-12-13-25-50(42,43)44;1-2-3-4-5-9(6,7)8;2-1-3;/h7-11,14-19,26-28H,6,12-13,20-25H2,1-5H3,(H,42,43,44)(H,47,48,49);2-5H2,1H3,(H,6,7,8);;1H4/b8-7+,11-9+,14-10+,36-15+;;;. The van der Waals surface area contributed by atoms with E-state index in [1.807, 2.05) is 82.1 Å². The Balaban J connectivity index is 0.000000986. The van der Waals surface area contributed by atoms with E-state index in [1.165, 1.54) is 12.1 Å². The van der Waals surface area contributed by atoms with Gasteiger partial charge in [-0.05, 0) is 97.7 Å². The van der Waals surface area contributed by atoms with E-state index in [4.69, 9.17) is 23.7 Å². The van der Waals surface area contributed by atoms with Crippen molar-refractivity contribution in [3.63, 3.8) is 0 Å². The molecule has 20 heteroatoms. The molecule has 0 radical (unpaired) electrons. The molecule has 0 saturated carbocycles. The van der Waals surface area contributed by atoms with Crippen molar-refractivity contribution < 1.29 is 56.9 Å². The molecule has 0 aliphatic carbocycles. The monoisotopic (exact) mass is 983 g/mol. The number of aliphatic imine (C=N–C) groups is 1. The molecule has 0 atom stereocenters. The lowest BCUT2D eigenvalue weighted by Crippen LogP contribution is -2.38. The van der Waals surface area contributed by atoms with Gasteiger partial charge in [-0.25, -0.2) is 8.42 Å². The fourth-order valence-electron chi connectivity index (χ4n) is 7.76. The summed E-state index contributed by atoms with van der Waals surface area (Å²) in [6, 6.07) is 9.67. The molecule has 0 aromatic heterocycles. The maximum Gasteiger partial charge on any atom is 0.373 e. The van der Waals surface area contributed by atoms with Crippen molar-refractivity contribution in [3.8, 4) is 0 Å². The van der Waals surface area contributed by atoms with Crippen molar-refractivity contribution in [3.05, 3.63) is 95.8 Å². The zero-order valence-corrected chi connectivity index (χ0v) is 40.4. The number of allylic oxidation sites excluding steroid dienone is 8. The largest absolute Gasteiger partial charge is 0.373 e. The maximum absolute atomic E-state index is 13.5. The molecule has 2 aromatic carbocycles. The van der Waals surface area contributed by atoms with Crippen LogP contribution in [-0.4, -0.2) is 94.6 Å². The molecule has 1 saturated heterocycles. The van der Waals surface area contributed by atoms with Crippen LogP contribution in [0.5, 0.6) is 0 Å². The Bertz CT molecular complexity index is 2600. The Kier molecular flexibility index (Phi) is 21.1. The lowest BCUT2D eigenvalue weighted by molar-refractivity contribution is -0.191. The van der Waals surface area contributed by atoms with E-state index in [9.17, 15) is 38.2 Å². The SMILES string of the molecule is C.CCC1CCN(S(=O)(=O)c2ccc3c(c2)C(C)(C)C(/C=C/C=C/C=C/C=C2/N(CCCCS(=O)(=O)O)c4ccc(S(=O)(=O)O)cc4C2(C)C)=N3)CC1.CCCCCS(=O)(=O)O.O=C=O. The van der Waals surface area contributed by atoms with E-state index in [1.54, 1.807) is 28.6 Å². The van der Waals surface area contributed by atoms with Gasteiger partial charge in [-0.2, -0.15) is 39.1 Å². The summed E-state index contributed by atoms with van der Waals surface area (Å²) in [5, 5.41) is 0. The number of benzene rings is 2. The first kappa shape index (κ1) is 57.0. The second-order valence-corrected chi connectivity index (χ2v) is 23.2. The minimum Gasteiger partial charge on any atom is -0.344 e. The van der Waals surface area contributed by atoms with Crippen molar-refractivity contribution in [1.82, 2.24) is 4.31 Å². The number of hydrogen-bond donors (Lipinski definition) is 3. The van der Waals surface area contributed by atoms with Crippen molar-refractivity contribution in [1.29, 1.82) is 0 Å². The molecule has 0 unspecified atom stereocenters. The van der Waals surface area contributed by atoms with Gasteiger partial charge in [-0.1, -0.05) is 98.6 Å². The maximum atomic E-state index is 13.5. The summed E-state index contributed by atoms with van der Waals surface area (Å²) < 4.78 is 122. The van der Waals surface area contributed by atoms with Crippen molar-refractivity contribution >= 4 is 63.6 Å². The van der Waals surface area contributed by atoms with Crippen LogP contribution < -0.4 is 4.90 Å². The molecule has 1 fully saturated rings. The molecule has 362 valence electrons. The molecular weight excluding hydrogens is 919 g/mol. The van der Waals surface area contributed by atoms with E-state index in [0.717, 1.165) is 60.5 Å². The number of fused-ring (bicyclic) bond motifs is 2. The highest BCUT2D eigenvalue weighted by molar-refractivity contribution is 7.89. The summed E-state index contributed by atoms with van der Waals surface area (Å²) in [4.78, 5) is 23.2. The van der Waals surface area contributed by atoms with E-state index in [2.05, 4.69) is 6.92 Å². The molecule has 0 bridgehead atoms. The number of hydrogen-bond acceptors (Lipinski definition) is 12. The van der Waals surface area contributed by atoms with Crippen LogP contribution in [0.4, 0.5) is 11.4 Å².